The summed E-state index contributed by atoms with van der Waals surface area (Å²) in [6.45, 7) is 1.42. The van der Waals surface area contributed by atoms with E-state index in [0.717, 1.165) is 11.1 Å². The van der Waals surface area contributed by atoms with Gasteiger partial charge in [0.05, 0.1) is 10.5 Å². The molecule has 7 heteroatoms. The molecule has 0 saturated carbocycles. The van der Waals surface area contributed by atoms with Gasteiger partial charge in [0, 0.05) is 12.0 Å². The maximum atomic E-state index is 12.1. The molecule has 1 atom stereocenters. The second-order valence-electron chi connectivity index (χ2n) is 5.53. The Morgan fingerprint density at radius 2 is 1.81 bits per heavy atom. The number of nitrogens with one attached hydrogen (secondary N) is 1. The molecule has 3 aromatic rings. The van der Waals surface area contributed by atoms with Crippen LogP contribution in [0.15, 0.2) is 64.0 Å². The Balaban J connectivity index is 1.96. The number of rotatable bonds is 6. The highest BCUT2D eigenvalue weighted by atomic mass is 32.2. The molecule has 0 aliphatic heterocycles. The molecule has 0 saturated heterocycles. The van der Waals surface area contributed by atoms with Gasteiger partial charge in [0.1, 0.15) is 12.3 Å². The molecule has 0 aliphatic rings. The molecule has 26 heavy (non-hydrogen) atoms. The number of aromatic nitrogens is 1. The Kier molecular flexibility index (Phi) is 5.60. The number of hydrogen-bond acceptors (Lipinski definition) is 5. The zero-order chi connectivity index (χ0) is 18.5. The SMILES string of the molecule is CCC(=O)NS(=O)c1ccc(-c2c(-c3ccccc3)noc2CO)cc1. The van der Waals surface area contributed by atoms with Crippen molar-refractivity contribution in [1.82, 2.24) is 9.88 Å². The fourth-order valence-electron chi connectivity index (χ4n) is 2.50. The Morgan fingerprint density at radius 3 is 2.42 bits per heavy atom. The van der Waals surface area contributed by atoms with Gasteiger partial charge in [-0.2, -0.15) is 0 Å². The molecule has 134 valence electrons. The Morgan fingerprint density at radius 1 is 1.12 bits per heavy atom. The van der Waals surface area contributed by atoms with Crippen molar-refractivity contribution < 1.29 is 18.6 Å². The Hall–Kier alpha value is -2.77. The molecule has 0 spiro atoms. The first kappa shape index (κ1) is 18.0. The van der Waals surface area contributed by atoms with Crippen LogP contribution in [0, 0.1) is 0 Å². The van der Waals surface area contributed by atoms with E-state index in [9.17, 15) is 14.1 Å². The van der Waals surface area contributed by atoms with Crippen molar-refractivity contribution in [3.05, 3.63) is 60.4 Å². The molecule has 3 rings (SSSR count). The van der Waals surface area contributed by atoms with Gasteiger partial charge >= 0.3 is 0 Å². The summed E-state index contributed by atoms with van der Waals surface area (Å²) in [4.78, 5) is 11.9. The van der Waals surface area contributed by atoms with Crippen molar-refractivity contribution in [3.63, 3.8) is 0 Å². The normalized spacial score (nSPS) is 11.9. The summed E-state index contributed by atoms with van der Waals surface area (Å²) in [7, 11) is -1.60. The highest BCUT2D eigenvalue weighted by Crippen LogP contribution is 2.34. The van der Waals surface area contributed by atoms with Gasteiger partial charge in [0.25, 0.3) is 0 Å². The van der Waals surface area contributed by atoms with Crippen LogP contribution in [0.3, 0.4) is 0 Å². The van der Waals surface area contributed by atoms with E-state index in [1.807, 2.05) is 30.3 Å². The van der Waals surface area contributed by atoms with Gasteiger partial charge in [-0.15, -0.1) is 0 Å². The number of hydrogen-bond donors (Lipinski definition) is 2. The van der Waals surface area contributed by atoms with Gasteiger partial charge < -0.3 is 9.63 Å². The Bertz CT molecular complexity index is 920. The molecule has 1 unspecified atom stereocenters. The van der Waals surface area contributed by atoms with E-state index in [4.69, 9.17) is 4.52 Å². The molecule has 2 aromatic carbocycles. The third kappa shape index (κ3) is 3.74. The zero-order valence-electron chi connectivity index (χ0n) is 14.1. The van der Waals surface area contributed by atoms with E-state index in [2.05, 4.69) is 9.88 Å². The van der Waals surface area contributed by atoms with E-state index >= 15 is 0 Å². The summed E-state index contributed by atoms with van der Waals surface area (Å²) >= 11 is 0. The smallest absolute Gasteiger partial charge is 0.231 e. The van der Waals surface area contributed by atoms with Crippen LogP contribution in [0.5, 0.6) is 0 Å². The Labute approximate surface area is 153 Å². The topological polar surface area (TPSA) is 92.4 Å². The molecule has 0 bridgehead atoms. The summed E-state index contributed by atoms with van der Waals surface area (Å²) in [6.07, 6.45) is 0.269. The lowest BCUT2D eigenvalue weighted by molar-refractivity contribution is -0.118. The van der Waals surface area contributed by atoms with Gasteiger partial charge in [-0.05, 0) is 17.7 Å². The van der Waals surface area contributed by atoms with E-state index in [0.29, 0.717) is 21.9 Å². The summed E-state index contributed by atoms with van der Waals surface area (Å²) in [5, 5.41) is 13.7. The minimum absolute atomic E-state index is 0.269. The van der Waals surface area contributed by atoms with Gasteiger partial charge in [0.15, 0.2) is 16.7 Å². The largest absolute Gasteiger partial charge is 0.388 e. The second-order valence-corrected chi connectivity index (χ2v) is 6.74. The fraction of sp³-hybridized carbons (Fsp3) is 0.158. The zero-order valence-corrected chi connectivity index (χ0v) is 15.0. The van der Waals surface area contributed by atoms with Crippen molar-refractivity contribution in [1.29, 1.82) is 0 Å². The third-order valence-corrected chi connectivity index (χ3v) is 4.95. The molecule has 6 nitrogen and oxygen atoms in total. The first-order valence-electron chi connectivity index (χ1n) is 8.10. The van der Waals surface area contributed by atoms with Crippen molar-refractivity contribution in [2.45, 2.75) is 24.8 Å². The number of carbonyl (C=O) groups excluding carboxylic acids is 1. The predicted octanol–water partition coefficient (Wildman–Crippen LogP) is 3.05. The van der Waals surface area contributed by atoms with E-state index in [1.165, 1.54) is 0 Å². The molecule has 2 N–H and O–H groups in total. The fourth-order valence-corrected chi connectivity index (χ4v) is 3.35. The quantitative estimate of drug-likeness (QED) is 0.696. The van der Waals surface area contributed by atoms with E-state index < -0.39 is 11.0 Å². The maximum absolute atomic E-state index is 12.1. The minimum atomic E-state index is -1.60. The number of aliphatic hydroxyl groups excluding tert-OH is 1. The van der Waals surface area contributed by atoms with Crippen LogP contribution in [0.25, 0.3) is 22.4 Å². The molecule has 0 radical (unpaired) electrons. The van der Waals surface area contributed by atoms with Crippen molar-refractivity contribution in [2.24, 2.45) is 0 Å². The van der Waals surface area contributed by atoms with E-state index in [-0.39, 0.29) is 18.9 Å². The average Bonchev–Trinajstić information content (AvgIpc) is 3.12. The van der Waals surface area contributed by atoms with Crippen molar-refractivity contribution >= 4 is 16.9 Å². The number of amides is 1. The maximum Gasteiger partial charge on any atom is 0.231 e. The first-order valence-corrected chi connectivity index (χ1v) is 9.25. The molecular weight excluding hydrogens is 352 g/mol. The number of aliphatic hydroxyl groups is 1. The van der Waals surface area contributed by atoms with Gasteiger partial charge in [-0.3, -0.25) is 9.52 Å². The third-order valence-electron chi connectivity index (χ3n) is 3.84. The number of nitrogens with zero attached hydrogens (tertiary/aromatic N) is 1. The number of carbonyl (C=O) groups is 1. The molecule has 0 fully saturated rings. The summed E-state index contributed by atoms with van der Waals surface area (Å²) in [5.41, 5.74) is 2.96. The average molecular weight is 370 g/mol. The van der Waals surface area contributed by atoms with Crippen molar-refractivity contribution in [3.8, 4) is 22.4 Å². The molecular formula is C19H18N2O4S. The van der Waals surface area contributed by atoms with Crippen molar-refractivity contribution in [2.75, 3.05) is 0 Å². The van der Waals surface area contributed by atoms with Crippen LogP contribution < -0.4 is 4.72 Å². The van der Waals surface area contributed by atoms with Crippen LogP contribution in [0.2, 0.25) is 0 Å². The van der Waals surface area contributed by atoms with Gasteiger partial charge in [-0.1, -0.05) is 54.5 Å². The van der Waals surface area contributed by atoms with E-state index in [1.54, 1.807) is 31.2 Å². The number of benzene rings is 2. The predicted molar refractivity (Wildman–Crippen MR) is 98.1 cm³/mol. The molecule has 1 aromatic heterocycles. The minimum Gasteiger partial charge on any atom is -0.388 e. The lowest BCUT2D eigenvalue weighted by atomic mass is 9.99. The first-order chi connectivity index (χ1) is 12.6. The molecule has 1 heterocycles. The second kappa shape index (κ2) is 8.07. The van der Waals surface area contributed by atoms with Crippen LogP contribution in [0.1, 0.15) is 19.1 Å². The summed E-state index contributed by atoms with van der Waals surface area (Å²) in [5.74, 6) is 0.0809. The van der Waals surface area contributed by atoms with Gasteiger partial charge in [0.2, 0.25) is 5.91 Å². The lowest BCUT2D eigenvalue weighted by Gasteiger charge is -2.07. The summed E-state index contributed by atoms with van der Waals surface area (Å²) < 4.78 is 19.8. The molecule has 0 aliphatic carbocycles. The van der Waals surface area contributed by atoms with Crippen LogP contribution in [-0.4, -0.2) is 20.4 Å². The van der Waals surface area contributed by atoms with Crippen LogP contribution in [-0.2, 0) is 22.4 Å². The highest BCUT2D eigenvalue weighted by molar-refractivity contribution is 7.83. The highest BCUT2D eigenvalue weighted by Gasteiger charge is 2.19. The summed E-state index contributed by atoms with van der Waals surface area (Å²) in [6, 6.07) is 16.4. The standard InChI is InChI=1S/C19H18N2O4S/c1-2-17(23)21-26(24)15-10-8-13(9-11-15)18-16(12-22)25-20-19(18)14-6-4-3-5-7-14/h3-11,22H,2,12H2,1H3,(H,21,23). The monoisotopic (exact) mass is 370 g/mol. The van der Waals surface area contributed by atoms with Crippen LogP contribution >= 0.6 is 0 Å². The molecule has 1 amide bonds. The van der Waals surface area contributed by atoms with Gasteiger partial charge in [-0.25, -0.2) is 4.21 Å². The van der Waals surface area contributed by atoms with Crippen LogP contribution in [0.4, 0.5) is 0 Å². The lowest BCUT2D eigenvalue weighted by Crippen LogP contribution is -2.24.